The van der Waals surface area contributed by atoms with E-state index in [-0.39, 0.29) is 30.2 Å². The predicted octanol–water partition coefficient (Wildman–Crippen LogP) is 3.30. The molecule has 2 amide bonds. The average Bonchev–Trinajstić information content (AvgIpc) is 3.34. The van der Waals surface area contributed by atoms with Crippen molar-refractivity contribution in [3.05, 3.63) is 58.6 Å². The lowest BCUT2D eigenvalue weighted by molar-refractivity contribution is -0.115. The first-order valence-corrected chi connectivity index (χ1v) is 9.83. The standard InChI is InChI=1S/C22H22FN5O3/c1-11-7-14(13-5-6-24-18-15(13)9-17(29)26-18)16(23)8-12(11)10-25-19(30)20-27-21(28-31-20)22(2,3)4/h5-8H,9-10H2,1-4H3,(H,25,30)(H,24,26,29). The molecule has 4 rings (SSSR count). The summed E-state index contributed by atoms with van der Waals surface area (Å²) < 4.78 is 20.0. The third-order valence-electron chi connectivity index (χ3n) is 5.10. The Morgan fingerprint density at radius 2 is 2.06 bits per heavy atom. The Morgan fingerprint density at radius 3 is 2.77 bits per heavy atom. The van der Waals surface area contributed by atoms with Gasteiger partial charge < -0.3 is 15.2 Å². The Bertz CT molecular complexity index is 1200. The van der Waals surface area contributed by atoms with Crippen LogP contribution in [0.5, 0.6) is 0 Å². The van der Waals surface area contributed by atoms with Gasteiger partial charge in [-0.15, -0.1) is 0 Å². The molecule has 0 atom stereocenters. The summed E-state index contributed by atoms with van der Waals surface area (Å²) in [7, 11) is 0. The van der Waals surface area contributed by atoms with E-state index < -0.39 is 11.7 Å². The SMILES string of the molecule is Cc1cc(-c2ccnc3c2CC(=O)N3)c(F)cc1CNC(=O)c1nc(C(C)(C)C)no1. The van der Waals surface area contributed by atoms with Gasteiger partial charge in [0, 0.05) is 29.3 Å². The summed E-state index contributed by atoms with van der Waals surface area (Å²) >= 11 is 0. The molecule has 0 fully saturated rings. The Balaban J connectivity index is 1.54. The van der Waals surface area contributed by atoms with Crippen LogP contribution in [-0.2, 0) is 23.2 Å². The number of pyridine rings is 1. The lowest BCUT2D eigenvalue weighted by atomic mass is 9.95. The first-order valence-electron chi connectivity index (χ1n) is 9.83. The summed E-state index contributed by atoms with van der Waals surface area (Å²) in [4.78, 5) is 32.3. The van der Waals surface area contributed by atoms with Gasteiger partial charge in [0.2, 0.25) is 5.91 Å². The Labute approximate surface area is 178 Å². The highest BCUT2D eigenvalue weighted by molar-refractivity contribution is 6.00. The molecule has 1 aliphatic heterocycles. The van der Waals surface area contributed by atoms with E-state index in [0.29, 0.717) is 33.9 Å². The van der Waals surface area contributed by atoms with Crippen LogP contribution < -0.4 is 10.6 Å². The van der Waals surface area contributed by atoms with Crippen LogP contribution in [0.15, 0.2) is 28.9 Å². The molecule has 8 nitrogen and oxygen atoms in total. The van der Waals surface area contributed by atoms with Crippen LogP contribution in [-0.4, -0.2) is 26.9 Å². The van der Waals surface area contributed by atoms with E-state index in [2.05, 4.69) is 25.8 Å². The molecule has 0 saturated heterocycles. The van der Waals surface area contributed by atoms with Gasteiger partial charge in [-0.1, -0.05) is 25.9 Å². The third kappa shape index (κ3) is 4.03. The molecular formula is C22H22FN5O3. The number of anilines is 1. The van der Waals surface area contributed by atoms with Crippen LogP contribution in [0.4, 0.5) is 10.2 Å². The monoisotopic (exact) mass is 423 g/mol. The normalized spacial score (nSPS) is 13.1. The van der Waals surface area contributed by atoms with Gasteiger partial charge in [-0.25, -0.2) is 9.37 Å². The number of benzene rings is 1. The molecule has 3 heterocycles. The summed E-state index contributed by atoms with van der Waals surface area (Å²) in [5.41, 5.74) is 2.75. The van der Waals surface area contributed by atoms with Gasteiger partial charge in [-0.05, 0) is 41.8 Å². The lowest BCUT2D eigenvalue weighted by Gasteiger charge is -2.13. The summed E-state index contributed by atoms with van der Waals surface area (Å²) in [6.07, 6.45) is 1.70. The molecule has 31 heavy (non-hydrogen) atoms. The Kier molecular flexibility index (Phi) is 5.04. The molecule has 160 valence electrons. The van der Waals surface area contributed by atoms with E-state index in [4.69, 9.17) is 4.52 Å². The Morgan fingerprint density at radius 1 is 1.29 bits per heavy atom. The van der Waals surface area contributed by atoms with Gasteiger partial charge in [0.25, 0.3) is 0 Å². The summed E-state index contributed by atoms with van der Waals surface area (Å²) in [5, 5.41) is 9.19. The van der Waals surface area contributed by atoms with Gasteiger partial charge in [-0.2, -0.15) is 4.98 Å². The molecule has 2 aromatic heterocycles. The van der Waals surface area contributed by atoms with Crippen molar-refractivity contribution in [1.82, 2.24) is 20.4 Å². The highest BCUT2D eigenvalue weighted by atomic mass is 19.1. The number of hydrogen-bond acceptors (Lipinski definition) is 6. The molecule has 0 saturated carbocycles. The molecule has 0 radical (unpaired) electrons. The smallest absolute Gasteiger partial charge is 0.315 e. The fourth-order valence-corrected chi connectivity index (χ4v) is 3.36. The van der Waals surface area contributed by atoms with Gasteiger partial charge in [0.1, 0.15) is 11.6 Å². The zero-order valence-corrected chi connectivity index (χ0v) is 17.7. The summed E-state index contributed by atoms with van der Waals surface area (Å²) in [6.45, 7) is 7.68. The first kappa shape index (κ1) is 20.6. The highest BCUT2D eigenvalue weighted by Crippen LogP contribution is 2.34. The minimum absolute atomic E-state index is 0.101. The van der Waals surface area contributed by atoms with Gasteiger partial charge in [-0.3, -0.25) is 9.59 Å². The number of carbonyl (C=O) groups is 2. The van der Waals surface area contributed by atoms with Crippen LogP contribution in [0.3, 0.4) is 0 Å². The van der Waals surface area contributed by atoms with Crippen LogP contribution in [0.25, 0.3) is 11.1 Å². The van der Waals surface area contributed by atoms with Crippen LogP contribution in [0.2, 0.25) is 0 Å². The second-order valence-electron chi connectivity index (χ2n) is 8.52. The molecule has 0 aliphatic carbocycles. The van der Waals surface area contributed by atoms with Crippen molar-refractivity contribution in [3.8, 4) is 11.1 Å². The van der Waals surface area contributed by atoms with Crippen molar-refractivity contribution < 1.29 is 18.5 Å². The van der Waals surface area contributed by atoms with E-state index in [0.717, 1.165) is 5.56 Å². The predicted molar refractivity (Wildman–Crippen MR) is 111 cm³/mol. The number of carbonyl (C=O) groups excluding carboxylic acids is 2. The third-order valence-corrected chi connectivity index (χ3v) is 5.10. The van der Waals surface area contributed by atoms with Gasteiger partial charge in [0.05, 0.1) is 6.42 Å². The maximum atomic E-state index is 15.0. The van der Waals surface area contributed by atoms with Crippen LogP contribution in [0, 0.1) is 12.7 Å². The largest absolute Gasteiger partial charge is 0.344 e. The van der Waals surface area contributed by atoms with E-state index in [9.17, 15) is 14.0 Å². The number of nitrogens with one attached hydrogen (secondary N) is 2. The molecule has 2 N–H and O–H groups in total. The number of amides is 2. The van der Waals surface area contributed by atoms with Crippen molar-refractivity contribution in [2.24, 2.45) is 0 Å². The molecule has 9 heteroatoms. The minimum Gasteiger partial charge on any atom is -0.344 e. The maximum absolute atomic E-state index is 15.0. The number of halogens is 1. The number of fused-ring (bicyclic) bond motifs is 1. The molecule has 0 spiro atoms. The molecule has 1 aliphatic rings. The second-order valence-corrected chi connectivity index (χ2v) is 8.52. The molecule has 0 unspecified atom stereocenters. The summed E-state index contributed by atoms with van der Waals surface area (Å²) in [5.74, 6) is -0.378. The maximum Gasteiger partial charge on any atom is 0.315 e. The van der Waals surface area contributed by atoms with E-state index >= 15 is 0 Å². The second kappa shape index (κ2) is 7.57. The van der Waals surface area contributed by atoms with E-state index in [1.54, 1.807) is 18.3 Å². The van der Waals surface area contributed by atoms with Gasteiger partial charge >= 0.3 is 11.8 Å². The molecule has 3 aromatic rings. The number of aromatic nitrogens is 3. The summed E-state index contributed by atoms with van der Waals surface area (Å²) in [6, 6.07) is 4.79. The van der Waals surface area contributed by atoms with E-state index in [1.807, 2.05) is 27.7 Å². The molecule has 1 aromatic carbocycles. The van der Waals surface area contributed by atoms with Crippen molar-refractivity contribution >= 4 is 17.6 Å². The van der Waals surface area contributed by atoms with E-state index in [1.165, 1.54) is 6.07 Å². The van der Waals surface area contributed by atoms with Crippen LogP contribution >= 0.6 is 0 Å². The Hall–Kier alpha value is -3.62. The van der Waals surface area contributed by atoms with Crippen LogP contribution in [0.1, 0.15) is 54.0 Å². The number of nitrogens with zero attached hydrogens (tertiary/aromatic N) is 3. The van der Waals surface area contributed by atoms with Crippen molar-refractivity contribution in [2.45, 2.75) is 46.1 Å². The fraction of sp³-hybridized carbons (Fsp3) is 0.318. The van der Waals surface area contributed by atoms with Gasteiger partial charge in [0.15, 0.2) is 5.82 Å². The molecule has 0 bridgehead atoms. The zero-order chi connectivity index (χ0) is 22.3. The highest BCUT2D eigenvalue weighted by Gasteiger charge is 2.25. The number of rotatable bonds is 4. The first-order chi connectivity index (χ1) is 14.6. The lowest BCUT2D eigenvalue weighted by Crippen LogP contribution is -2.24. The van der Waals surface area contributed by atoms with Crippen molar-refractivity contribution in [3.63, 3.8) is 0 Å². The van der Waals surface area contributed by atoms with Crippen molar-refractivity contribution in [2.75, 3.05) is 5.32 Å². The number of aryl methyl sites for hydroxylation is 1. The topological polar surface area (TPSA) is 110 Å². The average molecular weight is 423 g/mol. The zero-order valence-electron chi connectivity index (χ0n) is 17.7. The van der Waals surface area contributed by atoms with Crippen molar-refractivity contribution in [1.29, 1.82) is 0 Å². The fourth-order valence-electron chi connectivity index (χ4n) is 3.36. The quantitative estimate of drug-likeness (QED) is 0.666. The minimum atomic E-state index is -0.525. The number of hydrogen-bond donors (Lipinski definition) is 2. The molecular weight excluding hydrogens is 401 g/mol.